The lowest BCUT2D eigenvalue weighted by molar-refractivity contribution is -0.00697. The summed E-state index contributed by atoms with van der Waals surface area (Å²) in [6, 6.07) is 0. The number of H-pyrrole nitrogens is 1. The first-order chi connectivity index (χ1) is 8.65. The lowest BCUT2D eigenvalue weighted by Crippen LogP contribution is -2.29. The molecule has 0 bridgehead atoms. The predicted octanol–water partition coefficient (Wildman–Crippen LogP) is 1.57. The van der Waals surface area contributed by atoms with Crippen molar-refractivity contribution in [2.45, 2.75) is 45.3 Å². The number of carbonyl (C=O) groups excluding carboxylic acids is 1. The molecule has 1 aliphatic heterocycles. The molecule has 0 saturated heterocycles. The molecular weight excluding hydrogens is 230 g/mol. The van der Waals surface area contributed by atoms with Gasteiger partial charge in [-0.15, -0.1) is 0 Å². The smallest absolute Gasteiger partial charge is 0.272 e. The van der Waals surface area contributed by atoms with Gasteiger partial charge in [0.25, 0.3) is 5.91 Å². The minimum absolute atomic E-state index is 0.0127. The molecule has 1 amide bonds. The molecule has 2 atom stereocenters. The van der Waals surface area contributed by atoms with Crippen LogP contribution in [0.4, 0.5) is 0 Å². The van der Waals surface area contributed by atoms with Crippen molar-refractivity contribution in [3.05, 3.63) is 17.0 Å². The van der Waals surface area contributed by atoms with Crippen molar-refractivity contribution in [3.8, 4) is 0 Å². The predicted molar refractivity (Wildman–Crippen MR) is 66.3 cm³/mol. The summed E-state index contributed by atoms with van der Waals surface area (Å²) in [6.45, 7) is 4.79. The second-order valence-electron chi connectivity index (χ2n) is 5.41. The van der Waals surface area contributed by atoms with Crippen LogP contribution in [-0.4, -0.2) is 28.8 Å². The lowest BCUT2D eigenvalue weighted by Gasteiger charge is -2.25. The molecule has 1 aliphatic carbocycles. The Kier molecular flexibility index (Phi) is 2.86. The number of hydrogen-bond donors (Lipinski definition) is 2. The monoisotopic (exact) mass is 249 g/mol. The number of nitrogens with zero attached hydrogens (tertiary/aromatic N) is 1. The molecule has 18 heavy (non-hydrogen) atoms. The molecule has 0 aromatic carbocycles. The number of aromatic amines is 1. The zero-order chi connectivity index (χ0) is 12.7. The largest absolute Gasteiger partial charge is 0.369 e. The van der Waals surface area contributed by atoms with Crippen LogP contribution in [-0.2, 0) is 11.2 Å². The van der Waals surface area contributed by atoms with E-state index in [-0.39, 0.29) is 18.1 Å². The van der Waals surface area contributed by atoms with E-state index >= 15 is 0 Å². The van der Waals surface area contributed by atoms with Crippen LogP contribution in [0.15, 0.2) is 0 Å². The van der Waals surface area contributed by atoms with Crippen LogP contribution in [0.3, 0.4) is 0 Å². The topological polar surface area (TPSA) is 67.0 Å². The SMILES string of the molecule is C[C@@H]1Cc2c(C(=O)NCC3CC3)n[nH]c2[C@H](C)O1. The van der Waals surface area contributed by atoms with Crippen molar-refractivity contribution in [2.24, 2.45) is 5.92 Å². The highest BCUT2D eigenvalue weighted by atomic mass is 16.5. The van der Waals surface area contributed by atoms with Crippen LogP contribution in [0.25, 0.3) is 0 Å². The van der Waals surface area contributed by atoms with Crippen molar-refractivity contribution in [1.82, 2.24) is 15.5 Å². The maximum Gasteiger partial charge on any atom is 0.272 e. The molecule has 2 heterocycles. The molecule has 1 aromatic rings. The molecule has 3 rings (SSSR count). The average molecular weight is 249 g/mol. The summed E-state index contributed by atoms with van der Waals surface area (Å²) in [6.07, 6.45) is 3.35. The van der Waals surface area contributed by atoms with Gasteiger partial charge in [0.1, 0.15) is 0 Å². The Morgan fingerprint density at radius 1 is 1.50 bits per heavy atom. The molecule has 2 N–H and O–H groups in total. The van der Waals surface area contributed by atoms with Crippen LogP contribution in [0, 0.1) is 5.92 Å². The minimum atomic E-state index is -0.0549. The van der Waals surface area contributed by atoms with Crippen LogP contribution in [0.5, 0.6) is 0 Å². The molecule has 1 aromatic heterocycles. The number of nitrogens with one attached hydrogen (secondary N) is 2. The fraction of sp³-hybridized carbons (Fsp3) is 0.692. The van der Waals surface area contributed by atoms with Gasteiger partial charge in [-0.25, -0.2) is 0 Å². The Morgan fingerprint density at radius 2 is 2.28 bits per heavy atom. The lowest BCUT2D eigenvalue weighted by atomic mass is 9.99. The molecule has 0 radical (unpaired) electrons. The van der Waals surface area contributed by atoms with Crippen LogP contribution in [0.2, 0.25) is 0 Å². The van der Waals surface area contributed by atoms with E-state index in [1.807, 2.05) is 13.8 Å². The van der Waals surface area contributed by atoms with E-state index in [0.29, 0.717) is 11.6 Å². The fourth-order valence-electron chi connectivity index (χ4n) is 2.50. The molecule has 2 aliphatic rings. The number of rotatable bonds is 3. The number of ether oxygens (including phenoxy) is 1. The van der Waals surface area contributed by atoms with E-state index in [1.165, 1.54) is 12.8 Å². The normalized spacial score (nSPS) is 26.8. The highest BCUT2D eigenvalue weighted by Crippen LogP contribution is 2.30. The summed E-state index contributed by atoms with van der Waals surface area (Å²) >= 11 is 0. The van der Waals surface area contributed by atoms with Gasteiger partial charge in [0.05, 0.1) is 17.9 Å². The molecule has 98 valence electrons. The van der Waals surface area contributed by atoms with E-state index in [0.717, 1.165) is 24.2 Å². The van der Waals surface area contributed by atoms with Crippen LogP contribution in [0.1, 0.15) is 54.5 Å². The third kappa shape index (κ3) is 2.14. The molecule has 0 unspecified atom stereocenters. The van der Waals surface area contributed by atoms with Crippen molar-refractivity contribution in [3.63, 3.8) is 0 Å². The highest BCUT2D eigenvalue weighted by molar-refractivity contribution is 5.94. The number of carbonyl (C=O) groups is 1. The van der Waals surface area contributed by atoms with Gasteiger partial charge in [-0.05, 0) is 32.6 Å². The second kappa shape index (κ2) is 4.39. The summed E-state index contributed by atoms with van der Waals surface area (Å²) < 4.78 is 5.71. The number of aromatic nitrogens is 2. The standard InChI is InChI=1S/C13H19N3O2/c1-7-5-10-11(8(2)18-7)15-16-12(10)13(17)14-6-9-3-4-9/h7-9H,3-6H2,1-2H3,(H,14,17)(H,15,16)/t7-,8+/m1/s1. The Morgan fingerprint density at radius 3 is 3.00 bits per heavy atom. The Hall–Kier alpha value is -1.36. The van der Waals surface area contributed by atoms with E-state index < -0.39 is 0 Å². The van der Waals surface area contributed by atoms with Crippen molar-refractivity contribution < 1.29 is 9.53 Å². The van der Waals surface area contributed by atoms with Gasteiger partial charge in [-0.1, -0.05) is 0 Å². The van der Waals surface area contributed by atoms with Gasteiger partial charge in [-0.3, -0.25) is 9.89 Å². The Bertz CT molecular complexity index is 465. The third-order valence-corrected chi connectivity index (χ3v) is 3.70. The molecule has 5 nitrogen and oxygen atoms in total. The molecule has 0 spiro atoms. The van der Waals surface area contributed by atoms with E-state index in [2.05, 4.69) is 15.5 Å². The number of hydrogen-bond acceptors (Lipinski definition) is 3. The summed E-state index contributed by atoms with van der Waals surface area (Å²) in [5, 5.41) is 10.1. The van der Waals surface area contributed by atoms with Crippen molar-refractivity contribution >= 4 is 5.91 Å². The fourth-order valence-corrected chi connectivity index (χ4v) is 2.50. The molecule has 1 saturated carbocycles. The van der Waals surface area contributed by atoms with Gasteiger partial charge in [0.2, 0.25) is 0 Å². The van der Waals surface area contributed by atoms with Gasteiger partial charge >= 0.3 is 0 Å². The average Bonchev–Trinajstić information content (AvgIpc) is 3.05. The summed E-state index contributed by atoms with van der Waals surface area (Å²) in [5.74, 6) is 0.630. The maximum atomic E-state index is 12.1. The Labute approximate surface area is 106 Å². The van der Waals surface area contributed by atoms with E-state index in [1.54, 1.807) is 0 Å². The summed E-state index contributed by atoms with van der Waals surface area (Å²) in [7, 11) is 0. The number of fused-ring (bicyclic) bond motifs is 1. The zero-order valence-corrected chi connectivity index (χ0v) is 10.8. The Balaban J connectivity index is 1.77. The van der Waals surface area contributed by atoms with Crippen molar-refractivity contribution in [2.75, 3.05) is 6.54 Å². The maximum absolute atomic E-state index is 12.1. The van der Waals surface area contributed by atoms with Crippen LogP contribution < -0.4 is 5.32 Å². The quantitative estimate of drug-likeness (QED) is 0.854. The summed E-state index contributed by atoms with van der Waals surface area (Å²) in [4.78, 5) is 12.1. The van der Waals surface area contributed by atoms with Gasteiger partial charge in [0, 0.05) is 18.5 Å². The molecule has 5 heteroatoms. The van der Waals surface area contributed by atoms with Gasteiger partial charge in [0.15, 0.2) is 5.69 Å². The first-order valence-electron chi connectivity index (χ1n) is 6.66. The number of amides is 1. The minimum Gasteiger partial charge on any atom is -0.369 e. The first kappa shape index (κ1) is 11.7. The second-order valence-corrected chi connectivity index (χ2v) is 5.41. The third-order valence-electron chi connectivity index (χ3n) is 3.70. The van der Waals surface area contributed by atoms with Crippen LogP contribution >= 0.6 is 0 Å². The first-order valence-corrected chi connectivity index (χ1v) is 6.66. The van der Waals surface area contributed by atoms with E-state index in [9.17, 15) is 4.79 Å². The summed E-state index contributed by atoms with van der Waals surface area (Å²) in [5.41, 5.74) is 2.52. The van der Waals surface area contributed by atoms with E-state index in [4.69, 9.17) is 4.74 Å². The van der Waals surface area contributed by atoms with Gasteiger partial charge in [-0.2, -0.15) is 5.10 Å². The molecular formula is C13H19N3O2. The van der Waals surface area contributed by atoms with Crippen molar-refractivity contribution in [1.29, 1.82) is 0 Å². The molecule has 1 fully saturated rings. The zero-order valence-electron chi connectivity index (χ0n) is 10.8. The van der Waals surface area contributed by atoms with Gasteiger partial charge < -0.3 is 10.1 Å². The highest BCUT2D eigenvalue weighted by Gasteiger charge is 2.30.